The summed E-state index contributed by atoms with van der Waals surface area (Å²) in [6.45, 7) is 6.44. The van der Waals surface area contributed by atoms with Gasteiger partial charge in [-0.15, -0.1) is 13.2 Å². The summed E-state index contributed by atoms with van der Waals surface area (Å²) in [6, 6.07) is 4.05. The van der Waals surface area contributed by atoms with Crippen LogP contribution in [0.4, 0.5) is 13.2 Å². The second-order valence-electron chi connectivity index (χ2n) is 7.00. The third kappa shape index (κ3) is 4.86. The van der Waals surface area contributed by atoms with E-state index in [4.69, 9.17) is 0 Å². The Morgan fingerprint density at radius 3 is 2.29 bits per heavy atom. The summed E-state index contributed by atoms with van der Waals surface area (Å²) in [5.74, 6) is -0.0731. The van der Waals surface area contributed by atoms with Gasteiger partial charge in [0.05, 0.1) is 4.90 Å². The summed E-state index contributed by atoms with van der Waals surface area (Å²) < 4.78 is 67.6. The summed E-state index contributed by atoms with van der Waals surface area (Å²) in [4.78, 5) is -0.0745. The Labute approximate surface area is 140 Å². The molecule has 0 saturated heterocycles. The molecule has 1 unspecified atom stereocenters. The zero-order chi connectivity index (χ0) is 18.2. The molecule has 0 aromatic heterocycles. The standard InChI is InChI=1S/C16H22F3NO3S/c1-11-10-12(8-9-15(11,2)3)20-24(21,22)14-6-4-13(5-7-14)23-16(17,18)19/h4-7,11-12,20H,8-10H2,1-3H3/t11?,12-/m0/s1. The summed E-state index contributed by atoms with van der Waals surface area (Å²) in [7, 11) is -3.77. The van der Waals surface area contributed by atoms with Crippen molar-refractivity contribution in [2.75, 3.05) is 0 Å². The predicted molar refractivity (Wildman–Crippen MR) is 84.0 cm³/mol. The van der Waals surface area contributed by atoms with Gasteiger partial charge in [-0.1, -0.05) is 20.8 Å². The average molecular weight is 365 g/mol. The van der Waals surface area contributed by atoms with Gasteiger partial charge in [-0.2, -0.15) is 0 Å². The minimum absolute atomic E-state index is 0.0745. The van der Waals surface area contributed by atoms with Crippen LogP contribution in [0.3, 0.4) is 0 Å². The van der Waals surface area contributed by atoms with Gasteiger partial charge in [0.1, 0.15) is 5.75 Å². The van der Waals surface area contributed by atoms with Crippen LogP contribution in [0.15, 0.2) is 29.2 Å². The first-order chi connectivity index (χ1) is 10.9. The van der Waals surface area contributed by atoms with Crippen molar-refractivity contribution in [1.82, 2.24) is 4.72 Å². The van der Waals surface area contributed by atoms with Crippen LogP contribution in [0.1, 0.15) is 40.0 Å². The molecule has 1 aromatic carbocycles. The lowest BCUT2D eigenvalue weighted by Crippen LogP contribution is -2.42. The van der Waals surface area contributed by atoms with E-state index >= 15 is 0 Å². The van der Waals surface area contributed by atoms with Gasteiger partial charge in [0.25, 0.3) is 0 Å². The number of ether oxygens (including phenoxy) is 1. The van der Waals surface area contributed by atoms with E-state index in [0.29, 0.717) is 5.92 Å². The summed E-state index contributed by atoms with van der Waals surface area (Å²) in [5, 5.41) is 0. The van der Waals surface area contributed by atoms with Gasteiger partial charge in [0.2, 0.25) is 10.0 Å². The quantitative estimate of drug-likeness (QED) is 0.875. The summed E-state index contributed by atoms with van der Waals surface area (Å²) in [6.07, 6.45) is -2.41. The second kappa shape index (κ2) is 6.55. The number of sulfonamides is 1. The van der Waals surface area contributed by atoms with Crippen molar-refractivity contribution in [3.05, 3.63) is 24.3 Å². The fourth-order valence-electron chi connectivity index (χ4n) is 2.87. The van der Waals surface area contributed by atoms with E-state index in [-0.39, 0.29) is 16.4 Å². The van der Waals surface area contributed by atoms with E-state index in [1.807, 2.05) is 0 Å². The van der Waals surface area contributed by atoms with Gasteiger partial charge in [0.15, 0.2) is 0 Å². The van der Waals surface area contributed by atoms with E-state index in [1.54, 1.807) is 0 Å². The lowest BCUT2D eigenvalue weighted by molar-refractivity contribution is -0.274. The van der Waals surface area contributed by atoms with E-state index in [0.717, 1.165) is 43.5 Å². The molecule has 2 atom stereocenters. The highest BCUT2D eigenvalue weighted by molar-refractivity contribution is 7.89. The molecule has 8 heteroatoms. The molecular weight excluding hydrogens is 343 g/mol. The minimum atomic E-state index is -4.80. The fourth-order valence-corrected chi connectivity index (χ4v) is 4.15. The SMILES string of the molecule is CC1C[C@@H](NS(=O)(=O)c2ccc(OC(F)(F)F)cc2)CCC1(C)C. The molecule has 0 heterocycles. The van der Waals surface area contributed by atoms with Crippen molar-refractivity contribution in [2.45, 2.75) is 57.3 Å². The van der Waals surface area contributed by atoms with Crippen molar-refractivity contribution < 1.29 is 26.3 Å². The molecule has 4 nitrogen and oxygen atoms in total. The van der Waals surface area contributed by atoms with Crippen LogP contribution in [0.25, 0.3) is 0 Å². The molecule has 1 aromatic rings. The van der Waals surface area contributed by atoms with Gasteiger partial charge in [-0.25, -0.2) is 13.1 Å². The maximum absolute atomic E-state index is 12.4. The van der Waals surface area contributed by atoms with Crippen LogP contribution in [0.2, 0.25) is 0 Å². The van der Waals surface area contributed by atoms with Crippen LogP contribution in [0.5, 0.6) is 5.75 Å². The molecule has 1 fully saturated rings. The molecule has 0 aliphatic heterocycles. The number of hydrogen-bond donors (Lipinski definition) is 1. The smallest absolute Gasteiger partial charge is 0.406 e. The van der Waals surface area contributed by atoms with E-state index in [9.17, 15) is 21.6 Å². The number of halogens is 3. The van der Waals surface area contributed by atoms with Gasteiger partial charge in [-0.05, 0) is 54.9 Å². The Morgan fingerprint density at radius 2 is 1.79 bits per heavy atom. The highest BCUT2D eigenvalue weighted by atomic mass is 32.2. The Balaban J connectivity index is 2.05. The zero-order valence-corrected chi connectivity index (χ0v) is 14.7. The van der Waals surface area contributed by atoms with E-state index in [1.165, 1.54) is 0 Å². The summed E-state index contributed by atoms with van der Waals surface area (Å²) in [5.41, 5.74) is 0.179. The first-order valence-corrected chi connectivity index (χ1v) is 9.25. The van der Waals surface area contributed by atoms with Crippen LogP contribution in [0, 0.1) is 11.3 Å². The lowest BCUT2D eigenvalue weighted by Gasteiger charge is -2.40. The summed E-state index contributed by atoms with van der Waals surface area (Å²) >= 11 is 0. The molecule has 0 spiro atoms. The maximum Gasteiger partial charge on any atom is 0.573 e. The molecule has 24 heavy (non-hydrogen) atoms. The number of rotatable bonds is 4. The molecule has 136 valence electrons. The molecule has 1 saturated carbocycles. The third-order valence-corrected chi connectivity index (χ3v) is 6.34. The minimum Gasteiger partial charge on any atom is -0.406 e. The predicted octanol–water partition coefficient (Wildman–Crippen LogP) is 4.08. The largest absolute Gasteiger partial charge is 0.573 e. The van der Waals surface area contributed by atoms with Crippen molar-refractivity contribution in [1.29, 1.82) is 0 Å². The molecule has 1 aliphatic carbocycles. The number of nitrogens with one attached hydrogen (secondary N) is 1. The molecular formula is C16H22F3NO3S. The van der Waals surface area contributed by atoms with Crippen LogP contribution in [-0.2, 0) is 10.0 Å². The van der Waals surface area contributed by atoms with Crippen molar-refractivity contribution in [2.24, 2.45) is 11.3 Å². The first kappa shape index (κ1) is 19.1. The topological polar surface area (TPSA) is 55.4 Å². The van der Waals surface area contributed by atoms with E-state index in [2.05, 4.69) is 30.2 Å². The normalized spacial score (nSPS) is 24.6. The molecule has 0 bridgehead atoms. The van der Waals surface area contributed by atoms with Crippen molar-refractivity contribution in [3.8, 4) is 5.75 Å². The highest BCUT2D eigenvalue weighted by Gasteiger charge is 2.35. The van der Waals surface area contributed by atoms with Gasteiger partial charge >= 0.3 is 6.36 Å². The van der Waals surface area contributed by atoms with Crippen LogP contribution >= 0.6 is 0 Å². The van der Waals surface area contributed by atoms with E-state index < -0.39 is 22.1 Å². The molecule has 0 radical (unpaired) electrons. The van der Waals surface area contributed by atoms with Crippen LogP contribution in [-0.4, -0.2) is 20.8 Å². The zero-order valence-electron chi connectivity index (χ0n) is 13.9. The van der Waals surface area contributed by atoms with Crippen molar-refractivity contribution >= 4 is 10.0 Å². The highest BCUT2D eigenvalue weighted by Crippen LogP contribution is 2.40. The number of alkyl halides is 3. The Bertz CT molecular complexity index is 669. The second-order valence-corrected chi connectivity index (χ2v) is 8.72. The molecule has 0 amide bonds. The van der Waals surface area contributed by atoms with Crippen LogP contribution < -0.4 is 9.46 Å². The Kier molecular flexibility index (Phi) is 5.20. The number of hydrogen-bond acceptors (Lipinski definition) is 3. The van der Waals surface area contributed by atoms with Gasteiger partial charge in [0, 0.05) is 6.04 Å². The number of benzene rings is 1. The monoisotopic (exact) mass is 365 g/mol. The molecule has 1 aliphatic rings. The third-order valence-electron chi connectivity index (χ3n) is 4.80. The maximum atomic E-state index is 12.4. The molecule has 2 rings (SSSR count). The van der Waals surface area contributed by atoms with Gasteiger partial charge in [-0.3, -0.25) is 0 Å². The van der Waals surface area contributed by atoms with Gasteiger partial charge < -0.3 is 4.74 Å². The Morgan fingerprint density at radius 1 is 1.21 bits per heavy atom. The lowest BCUT2D eigenvalue weighted by atomic mass is 9.68. The molecule has 1 N–H and O–H groups in total. The Hall–Kier alpha value is -1.28. The fraction of sp³-hybridized carbons (Fsp3) is 0.625. The average Bonchev–Trinajstić information content (AvgIpc) is 2.42. The van der Waals surface area contributed by atoms with Crippen molar-refractivity contribution in [3.63, 3.8) is 0 Å². The first-order valence-electron chi connectivity index (χ1n) is 7.77.